The molecule has 218 valence electrons. The number of para-hydroxylation sites is 1. The average molecular weight is 584 g/mol. The Morgan fingerprint density at radius 1 is 1.12 bits per heavy atom. The van der Waals surface area contributed by atoms with E-state index in [-0.39, 0.29) is 34.8 Å². The largest absolute Gasteiger partial charge is 0.496 e. The van der Waals surface area contributed by atoms with Crippen LogP contribution in [0, 0.1) is 13.8 Å². The summed E-state index contributed by atoms with van der Waals surface area (Å²) in [7, 11) is 1.66. The van der Waals surface area contributed by atoms with E-state index >= 15 is 0 Å². The van der Waals surface area contributed by atoms with Gasteiger partial charge in [0.15, 0.2) is 0 Å². The number of amides is 2. The lowest BCUT2D eigenvalue weighted by Gasteiger charge is -2.25. The Hall–Kier alpha value is -4.11. The lowest BCUT2D eigenvalue weighted by Crippen LogP contribution is -2.42. The van der Waals surface area contributed by atoms with Crippen LogP contribution in [-0.4, -0.2) is 46.0 Å². The van der Waals surface area contributed by atoms with Crippen LogP contribution < -0.4 is 15.0 Å². The van der Waals surface area contributed by atoms with E-state index in [1.165, 1.54) is 11.8 Å². The van der Waals surface area contributed by atoms with Crippen LogP contribution in [0.2, 0.25) is 0 Å². The van der Waals surface area contributed by atoms with Gasteiger partial charge < -0.3 is 10.1 Å². The number of hydrogen-bond acceptors (Lipinski definition) is 6. The molecule has 2 aromatic carbocycles. The number of aryl methyl sites for hydroxylation is 2. The Morgan fingerprint density at radius 2 is 1.90 bits per heavy atom. The van der Waals surface area contributed by atoms with Crippen LogP contribution in [0.15, 0.2) is 67.0 Å². The molecule has 42 heavy (non-hydrogen) atoms. The molecule has 8 nitrogen and oxygen atoms in total. The lowest BCUT2D eigenvalue weighted by atomic mass is 9.87. The highest BCUT2D eigenvalue weighted by atomic mass is 32.2. The van der Waals surface area contributed by atoms with Crippen LogP contribution in [0.1, 0.15) is 59.5 Å². The van der Waals surface area contributed by atoms with Crippen molar-refractivity contribution in [3.8, 4) is 11.4 Å². The highest BCUT2D eigenvalue weighted by Gasteiger charge is 2.40. The third-order valence-electron chi connectivity index (χ3n) is 7.32. The second kappa shape index (κ2) is 12.0. The second-order valence-corrected chi connectivity index (χ2v) is 12.7. The Bertz CT molecular complexity index is 1610. The van der Waals surface area contributed by atoms with Gasteiger partial charge in [-0.2, -0.15) is 5.10 Å². The molecule has 5 rings (SSSR count). The van der Waals surface area contributed by atoms with Crippen molar-refractivity contribution in [1.82, 2.24) is 20.1 Å². The summed E-state index contributed by atoms with van der Waals surface area (Å²) in [6.07, 6.45) is 3.41. The highest BCUT2D eigenvalue weighted by Crippen LogP contribution is 2.50. The minimum Gasteiger partial charge on any atom is -0.496 e. The predicted molar refractivity (Wildman–Crippen MR) is 167 cm³/mol. The fraction of sp³-hybridized carbons (Fsp3) is 0.333. The number of methoxy groups -OCH3 is 1. The molecule has 1 aliphatic heterocycles. The summed E-state index contributed by atoms with van der Waals surface area (Å²) in [6.45, 7) is 10.7. The molecule has 0 aliphatic carbocycles. The number of rotatable bonds is 7. The van der Waals surface area contributed by atoms with E-state index < -0.39 is 0 Å². The van der Waals surface area contributed by atoms with Crippen molar-refractivity contribution in [2.75, 3.05) is 24.3 Å². The molecule has 4 aromatic rings. The third-order valence-corrected chi connectivity index (χ3v) is 8.55. The third kappa shape index (κ3) is 5.92. The van der Waals surface area contributed by atoms with Crippen LogP contribution in [0.25, 0.3) is 5.69 Å². The number of carbonyl (C=O) groups is 2. The number of fused-ring (bicyclic) bond motifs is 1. The maximum absolute atomic E-state index is 13.9. The minimum atomic E-state index is -0.351. The molecule has 0 spiro atoms. The van der Waals surface area contributed by atoms with Crippen molar-refractivity contribution < 1.29 is 14.3 Å². The number of nitrogens with one attached hydrogen (secondary N) is 1. The second-order valence-electron chi connectivity index (χ2n) is 11.6. The predicted octanol–water partition coefficient (Wildman–Crippen LogP) is 5.68. The standard InChI is InChI=1S/C33H37N5O3S/c1-21-13-14-25(22(2)16-21)38-32-29(31(36-38)33(3,4)5)30(24-11-7-8-12-26(24)41-6)42-20-28(40)37(32)19-27(39)35-18-23-10-9-15-34-17-23/h7-17,30H,18-20H2,1-6H3,(H,35,39). The Morgan fingerprint density at radius 3 is 2.60 bits per heavy atom. The number of aromatic nitrogens is 3. The van der Waals surface area contributed by atoms with Crippen molar-refractivity contribution >= 4 is 29.4 Å². The van der Waals surface area contributed by atoms with Gasteiger partial charge in [0.1, 0.15) is 18.1 Å². The van der Waals surface area contributed by atoms with Crippen LogP contribution in [-0.2, 0) is 21.5 Å². The van der Waals surface area contributed by atoms with Crippen molar-refractivity contribution in [2.24, 2.45) is 0 Å². The van der Waals surface area contributed by atoms with Gasteiger partial charge in [-0.25, -0.2) is 4.68 Å². The lowest BCUT2D eigenvalue weighted by molar-refractivity contribution is -0.123. The maximum Gasteiger partial charge on any atom is 0.240 e. The van der Waals surface area contributed by atoms with Gasteiger partial charge in [-0.05, 0) is 43.2 Å². The number of benzene rings is 2. The van der Waals surface area contributed by atoms with E-state index in [9.17, 15) is 9.59 Å². The van der Waals surface area contributed by atoms with Crippen LogP contribution in [0.5, 0.6) is 5.75 Å². The van der Waals surface area contributed by atoms with E-state index in [0.29, 0.717) is 12.4 Å². The molecule has 0 radical (unpaired) electrons. The molecular formula is C33H37N5O3S. The molecule has 1 N–H and O–H groups in total. The summed E-state index contributed by atoms with van der Waals surface area (Å²) >= 11 is 1.54. The van der Waals surface area contributed by atoms with Gasteiger partial charge in [0.25, 0.3) is 0 Å². The van der Waals surface area contributed by atoms with Crippen molar-refractivity contribution in [3.63, 3.8) is 0 Å². The van der Waals surface area contributed by atoms with Crippen LogP contribution >= 0.6 is 11.8 Å². The molecule has 0 fully saturated rings. The van der Waals surface area contributed by atoms with Gasteiger partial charge in [0.2, 0.25) is 11.8 Å². The first-order chi connectivity index (χ1) is 20.1. The number of hydrogen-bond donors (Lipinski definition) is 1. The first kappa shape index (κ1) is 29.4. The average Bonchev–Trinajstić information content (AvgIpc) is 3.30. The molecule has 1 atom stereocenters. The number of pyridine rings is 1. The van der Waals surface area contributed by atoms with E-state index in [2.05, 4.69) is 44.1 Å². The zero-order chi connectivity index (χ0) is 30.0. The smallest absolute Gasteiger partial charge is 0.240 e. The Balaban J connectivity index is 1.70. The molecule has 0 bridgehead atoms. The zero-order valence-corrected chi connectivity index (χ0v) is 25.8. The van der Waals surface area contributed by atoms with Gasteiger partial charge in [0.05, 0.1) is 29.5 Å². The summed E-state index contributed by atoms with van der Waals surface area (Å²) in [5.41, 5.74) is 6.32. The molecule has 2 aromatic heterocycles. The van der Waals surface area contributed by atoms with Crippen LogP contribution in [0.3, 0.4) is 0 Å². The quantitative estimate of drug-likeness (QED) is 0.301. The number of carbonyl (C=O) groups excluding carboxylic acids is 2. The highest BCUT2D eigenvalue weighted by molar-refractivity contribution is 8.00. The first-order valence-corrected chi connectivity index (χ1v) is 15.0. The summed E-state index contributed by atoms with van der Waals surface area (Å²) in [4.78, 5) is 33.1. The van der Waals surface area contributed by atoms with Gasteiger partial charge in [-0.3, -0.25) is 19.5 Å². The van der Waals surface area contributed by atoms with Gasteiger partial charge in [0, 0.05) is 35.5 Å². The maximum atomic E-state index is 13.9. The summed E-state index contributed by atoms with van der Waals surface area (Å²) in [5, 5.41) is 7.94. The summed E-state index contributed by atoms with van der Waals surface area (Å²) < 4.78 is 7.65. The van der Waals surface area contributed by atoms with Gasteiger partial charge in [-0.15, -0.1) is 11.8 Å². The molecular weight excluding hydrogens is 546 g/mol. The first-order valence-electron chi connectivity index (χ1n) is 14.0. The number of thioether (sulfide) groups is 1. The van der Waals surface area contributed by atoms with Crippen molar-refractivity contribution in [2.45, 2.75) is 51.8 Å². The van der Waals surface area contributed by atoms with E-state index in [1.807, 2.05) is 60.1 Å². The number of ether oxygens (including phenoxy) is 1. The molecule has 1 aliphatic rings. The van der Waals surface area contributed by atoms with E-state index in [0.717, 1.165) is 44.9 Å². The Kier molecular flexibility index (Phi) is 8.41. The Labute approximate surface area is 251 Å². The summed E-state index contributed by atoms with van der Waals surface area (Å²) in [5.74, 6) is 1.15. The van der Waals surface area contributed by atoms with E-state index in [4.69, 9.17) is 9.84 Å². The molecule has 1 unspecified atom stereocenters. The molecule has 0 saturated carbocycles. The normalized spacial score (nSPS) is 15.2. The number of anilines is 1. The summed E-state index contributed by atoms with van der Waals surface area (Å²) in [6, 6.07) is 17.8. The zero-order valence-electron chi connectivity index (χ0n) is 25.0. The molecule has 9 heteroatoms. The van der Waals surface area contributed by atoms with Gasteiger partial charge >= 0.3 is 0 Å². The van der Waals surface area contributed by atoms with Crippen molar-refractivity contribution in [3.05, 3.63) is 101 Å². The monoisotopic (exact) mass is 583 g/mol. The SMILES string of the molecule is COc1ccccc1C1SCC(=O)N(CC(=O)NCc2cccnc2)c2c1c(C(C)(C)C)nn2-c1ccc(C)cc1C. The van der Waals surface area contributed by atoms with Crippen LogP contribution in [0.4, 0.5) is 5.82 Å². The van der Waals surface area contributed by atoms with E-state index in [1.54, 1.807) is 24.4 Å². The van der Waals surface area contributed by atoms with Crippen molar-refractivity contribution in [1.29, 1.82) is 0 Å². The number of nitrogens with zero attached hydrogens (tertiary/aromatic N) is 4. The molecule has 0 saturated heterocycles. The minimum absolute atomic E-state index is 0.133. The molecule has 3 heterocycles. The fourth-order valence-corrected chi connectivity index (χ4v) is 6.54. The topological polar surface area (TPSA) is 89.3 Å². The van der Waals surface area contributed by atoms with Gasteiger partial charge in [-0.1, -0.05) is 62.7 Å². The molecule has 2 amide bonds. The fourth-order valence-electron chi connectivity index (χ4n) is 5.32.